The van der Waals surface area contributed by atoms with Crippen LogP contribution in [-0.2, 0) is 0 Å². The number of rotatable bonds is 7. The monoisotopic (exact) mass is 262 g/mol. The quantitative estimate of drug-likeness (QED) is 0.430. The van der Waals surface area contributed by atoms with Crippen LogP contribution in [0.5, 0.6) is 0 Å². The average Bonchev–Trinajstić information content (AvgIpc) is 3.21. The summed E-state index contributed by atoms with van der Waals surface area (Å²) in [5, 5.41) is 10.7. The lowest BCUT2D eigenvalue weighted by Gasteiger charge is -2.25. The number of carbonyl (C=O) groups excluding carboxylic acids is 1. The van der Waals surface area contributed by atoms with Crippen molar-refractivity contribution < 1.29 is 9.72 Å². The van der Waals surface area contributed by atoms with Gasteiger partial charge in [-0.1, -0.05) is 6.92 Å². The molecule has 0 spiro atoms. The van der Waals surface area contributed by atoms with Gasteiger partial charge in [0, 0.05) is 36.5 Å². The fraction of sp³-hybridized carbons (Fsp3) is 0.500. The molecule has 0 atom stereocenters. The first-order chi connectivity index (χ1) is 9.15. The maximum absolute atomic E-state index is 11.2. The van der Waals surface area contributed by atoms with Gasteiger partial charge in [0.2, 0.25) is 0 Å². The lowest BCUT2D eigenvalue weighted by molar-refractivity contribution is -0.384. The molecular formula is C14H18N2O3. The van der Waals surface area contributed by atoms with Crippen molar-refractivity contribution in [1.29, 1.82) is 0 Å². The first kappa shape index (κ1) is 13.5. The fourth-order valence-electron chi connectivity index (χ4n) is 2.23. The highest BCUT2D eigenvalue weighted by Gasteiger charge is 2.25. The number of carbonyl (C=O) groups is 1. The standard InChI is InChI=1S/C14H18N2O3/c1-2-7-15(9-11-3-4-11)14-6-5-13(16(18)19)8-12(14)10-17/h5-6,8,10-11H,2-4,7,9H2,1H3. The van der Waals surface area contributed by atoms with Crippen LogP contribution in [0.25, 0.3) is 0 Å². The van der Waals surface area contributed by atoms with Crippen molar-refractivity contribution in [1.82, 2.24) is 0 Å². The summed E-state index contributed by atoms with van der Waals surface area (Å²) >= 11 is 0. The molecule has 1 fully saturated rings. The average molecular weight is 262 g/mol. The lowest BCUT2D eigenvalue weighted by atomic mass is 10.1. The van der Waals surface area contributed by atoms with Gasteiger partial charge in [-0.3, -0.25) is 14.9 Å². The van der Waals surface area contributed by atoms with E-state index in [0.717, 1.165) is 25.2 Å². The van der Waals surface area contributed by atoms with Crippen LogP contribution in [-0.4, -0.2) is 24.3 Å². The number of hydrogen-bond acceptors (Lipinski definition) is 4. The maximum atomic E-state index is 11.2. The molecule has 5 heteroatoms. The van der Waals surface area contributed by atoms with Crippen LogP contribution in [0.2, 0.25) is 0 Å². The van der Waals surface area contributed by atoms with Crippen molar-refractivity contribution in [3.8, 4) is 0 Å². The number of non-ortho nitro benzene ring substituents is 1. The summed E-state index contributed by atoms with van der Waals surface area (Å²) in [6, 6.07) is 4.52. The first-order valence-corrected chi connectivity index (χ1v) is 6.64. The molecule has 0 aliphatic heterocycles. The number of nitro benzene ring substituents is 1. The van der Waals surface area contributed by atoms with Crippen molar-refractivity contribution in [2.24, 2.45) is 5.92 Å². The Balaban J connectivity index is 2.28. The van der Waals surface area contributed by atoms with Crippen LogP contribution in [0.1, 0.15) is 36.5 Å². The predicted octanol–water partition coefficient (Wildman–Crippen LogP) is 3.03. The smallest absolute Gasteiger partial charge is 0.270 e. The molecule has 1 aromatic rings. The van der Waals surface area contributed by atoms with Gasteiger partial charge in [-0.2, -0.15) is 0 Å². The summed E-state index contributed by atoms with van der Waals surface area (Å²) in [6.45, 7) is 3.90. The van der Waals surface area contributed by atoms with E-state index in [4.69, 9.17) is 0 Å². The van der Waals surface area contributed by atoms with Gasteiger partial charge in [0.25, 0.3) is 5.69 Å². The maximum Gasteiger partial charge on any atom is 0.270 e. The van der Waals surface area contributed by atoms with Crippen LogP contribution < -0.4 is 4.90 Å². The molecule has 5 nitrogen and oxygen atoms in total. The summed E-state index contributed by atoms with van der Waals surface area (Å²) in [6.07, 6.45) is 4.17. The molecule has 0 heterocycles. The van der Waals surface area contributed by atoms with Gasteiger partial charge in [0.1, 0.15) is 0 Å². The Labute approximate surface area is 112 Å². The third-order valence-corrected chi connectivity index (χ3v) is 3.36. The minimum Gasteiger partial charge on any atom is -0.371 e. The number of nitrogens with zero attached hydrogens (tertiary/aromatic N) is 2. The predicted molar refractivity (Wildman–Crippen MR) is 73.7 cm³/mol. The molecular weight excluding hydrogens is 244 g/mol. The van der Waals surface area contributed by atoms with Gasteiger partial charge < -0.3 is 4.90 Å². The summed E-state index contributed by atoms with van der Waals surface area (Å²) in [5.74, 6) is 0.709. The van der Waals surface area contributed by atoms with Crippen LogP contribution >= 0.6 is 0 Å². The highest BCUT2D eigenvalue weighted by Crippen LogP contribution is 2.33. The molecule has 0 radical (unpaired) electrons. The highest BCUT2D eigenvalue weighted by molar-refractivity contribution is 5.86. The Kier molecular flexibility index (Phi) is 4.14. The van der Waals surface area contributed by atoms with E-state index in [1.165, 1.54) is 25.0 Å². The number of nitro groups is 1. The third kappa shape index (κ3) is 3.30. The second kappa shape index (κ2) is 5.82. The van der Waals surface area contributed by atoms with Crippen LogP contribution in [0.3, 0.4) is 0 Å². The Bertz CT molecular complexity index is 484. The molecule has 0 N–H and O–H groups in total. The van der Waals surface area contributed by atoms with E-state index in [2.05, 4.69) is 11.8 Å². The van der Waals surface area contributed by atoms with Crippen LogP contribution in [0.15, 0.2) is 18.2 Å². The van der Waals surface area contributed by atoms with E-state index < -0.39 is 4.92 Å². The molecule has 0 unspecified atom stereocenters. The van der Waals surface area contributed by atoms with Crippen LogP contribution in [0, 0.1) is 16.0 Å². The summed E-state index contributed by atoms with van der Waals surface area (Å²) < 4.78 is 0. The van der Waals surface area contributed by atoms with Gasteiger partial charge in [0.15, 0.2) is 6.29 Å². The van der Waals surface area contributed by atoms with Gasteiger partial charge in [0.05, 0.1) is 4.92 Å². The van der Waals surface area contributed by atoms with Crippen LogP contribution in [0.4, 0.5) is 11.4 Å². The minimum atomic E-state index is -0.470. The number of anilines is 1. The molecule has 0 aromatic heterocycles. The van der Waals surface area contributed by atoms with E-state index in [-0.39, 0.29) is 5.69 Å². The summed E-state index contributed by atoms with van der Waals surface area (Å²) in [7, 11) is 0. The minimum absolute atomic E-state index is 0.0336. The van der Waals surface area contributed by atoms with E-state index >= 15 is 0 Å². The largest absolute Gasteiger partial charge is 0.371 e. The lowest BCUT2D eigenvalue weighted by Crippen LogP contribution is -2.27. The van der Waals surface area contributed by atoms with E-state index in [1.54, 1.807) is 6.07 Å². The SMILES string of the molecule is CCCN(CC1CC1)c1ccc([N+](=O)[O-])cc1C=O. The molecule has 1 saturated carbocycles. The Morgan fingerprint density at radius 3 is 2.74 bits per heavy atom. The molecule has 102 valence electrons. The van der Waals surface area contributed by atoms with E-state index in [0.29, 0.717) is 17.8 Å². The van der Waals surface area contributed by atoms with E-state index in [9.17, 15) is 14.9 Å². The van der Waals surface area contributed by atoms with E-state index in [1.807, 2.05) is 0 Å². The van der Waals surface area contributed by atoms with Gasteiger partial charge in [-0.25, -0.2) is 0 Å². The zero-order valence-corrected chi connectivity index (χ0v) is 11.0. The zero-order chi connectivity index (χ0) is 13.8. The summed E-state index contributed by atoms with van der Waals surface area (Å²) in [5.41, 5.74) is 1.19. The highest BCUT2D eigenvalue weighted by atomic mass is 16.6. The molecule has 1 aliphatic carbocycles. The molecule has 0 saturated heterocycles. The normalized spacial score (nSPS) is 14.2. The van der Waals surface area contributed by atoms with Gasteiger partial charge >= 0.3 is 0 Å². The van der Waals surface area contributed by atoms with Crippen molar-refractivity contribution in [3.05, 3.63) is 33.9 Å². The third-order valence-electron chi connectivity index (χ3n) is 3.36. The molecule has 0 amide bonds. The van der Waals surface area contributed by atoms with Crippen molar-refractivity contribution in [3.63, 3.8) is 0 Å². The van der Waals surface area contributed by atoms with Gasteiger partial charge in [-0.15, -0.1) is 0 Å². The fourth-order valence-corrected chi connectivity index (χ4v) is 2.23. The molecule has 1 aromatic carbocycles. The Morgan fingerprint density at radius 2 is 2.21 bits per heavy atom. The molecule has 0 bridgehead atoms. The number of benzene rings is 1. The Hall–Kier alpha value is -1.91. The first-order valence-electron chi connectivity index (χ1n) is 6.64. The molecule has 1 aliphatic rings. The van der Waals surface area contributed by atoms with Crippen molar-refractivity contribution in [2.45, 2.75) is 26.2 Å². The number of aldehydes is 1. The molecule has 2 rings (SSSR count). The molecule has 19 heavy (non-hydrogen) atoms. The number of hydrogen-bond donors (Lipinski definition) is 0. The van der Waals surface area contributed by atoms with Crippen molar-refractivity contribution >= 4 is 17.7 Å². The topological polar surface area (TPSA) is 63.4 Å². The van der Waals surface area contributed by atoms with Crippen molar-refractivity contribution in [2.75, 3.05) is 18.0 Å². The summed E-state index contributed by atoms with van der Waals surface area (Å²) in [4.78, 5) is 23.6. The second-order valence-corrected chi connectivity index (χ2v) is 5.01. The van der Waals surface area contributed by atoms with Gasteiger partial charge in [-0.05, 0) is 31.2 Å². The second-order valence-electron chi connectivity index (χ2n) is 5.01. The zero-order valence-electron chi connectivity index (χ0n) is 11.0. The Morgan fingerprint density at radius 1 is 1.47 bits per heavy atom.